The number of aliphatic imine (C=N–C) groups is 1. The van der Waals surface area contributed by atoms with Gasteiger partial charge in [-0.2, -0.15) is 0 Å². The maximum atomic E-state index is 5.46. The Balaban J connectivity index is 2.90. The molecule has 0 aliphatic rings. The fraction of sp³-hybridized carbons (Fsp3) is 0.588. The van der Waals surface area contributed by atoms with Crippen LogP contribution in [0.1, 0.15) is 32.3 Å². The summed E-state index contributed by atoms with van der Waals surface area (Å²) in [5.41, 5.74) is 1.01. The molecule has 124 valence electrons. The highest BCUT2D eigenvalue weighted by Crippen LogP contribution is 2.31. The van der Waals surface area contributed by atoms with E-state index in [1.54, 1.807) is 14.2 Å². The summed E-state index contributed by atoms with van der Waals surface area (Å²) in [5.74, 6) is 2.40. The summed E-state index contributed by atoms with van der Waals surface area (Å²) in [7, 11) is 5.37. The Kier molecular flexibility index (Phi) is 8.18. The van der Waals surface area contributed by atoms with Gasteiger partial charge in [0.25, 0.3) is 0 Å². The number of guanidine groups is 1. The number of rotatable bonds is 8. The molecule has 0 amide bonds. The highest BCUT2D eigenvalue weighted by molar-refractivity contribution is 5.79. The third-order valence-corrected chi connectivity index (χ3v) is 3.43. The minimum Gasteiger partial charge on any atom is -0.493 e. The van der Waals surface area contributed by atoms with Crippen LogP contribution in [-0.2, 0) is 6.54 Å². The van der Waals surface area contributed by atoms with Gasteiger partial charge in [-0.25, -0.2) is 4.99 Å². The molecule has 5 heteroatoms. The van der Waals surface area contributed by atoms with E-state index < -0.39 is 0 Å². The molecule has 1 N–H and O–H groups in total. The molecule has 0 bridgehead atoms. The van der Waals surface area contributed by atoms with Crippen molar-refractivity contribution in [2.75, 3.05) is 34.4 Å². The number of ether oxygens (including phenoxy) is 2. The summed E-state index contributed by atoms with van der Waals surface area (Å²) in [6, 6.07) is 5.87. The average molecular weight is 307 g/mol. The largest absolute Gasteiger partial charge is 0.493 e. The Hall–Kier alpha value is -1.91. The summed E-state index contributed by atoms with van der Waals surface area (Å²) >= 11 is 0. The first kappa shape index (κ1) is 18.1. The van der Waals surface area contributed by atoms with E-state index in [0.717, 1.165) is 42.5 Å². The predicted octanol–water partition coefficient (Wildman–Crippen LogP) is 2.90. The zero-order chi connectivity index (χ0) is 16.4. The lowest BCUT2D eigenvalue weighted by Crippen LogP contribution is -2.39. The van der Waals surface area contributed by atoms with Crippen LogP contribution in [0.3, 0.4) is 0 Å². The van der Waals surface area contributed by atoms with Crippen LogP contribution in [0.25, 0.3) is 0 Å². The van der Waals surface area contributed by atoms with E-state index in [0.29, 0.717) is 6.54 Å². The molecule has 1 aromatic rings. The van der Waals surface area contributed by atoms with Crippen molar-refractivity contribution < 1.29 is 9.47 Å². The van der Waals surface area contributed by atoms with Crippen LogP contribution in [0.5, 0.6) is 11.5 Å². The van der Waals surface area contributed by atoms with Crippen molar-refractivity contribution in [3.8, 4) is 11.5 Å². The summed E-state index contributed by atoms with van der Waals surface area (Å²) in [4.78, 5) is 6.88. The number of benzene rings is 1. The van der Waals surface area contributed by atoms with E-state index in [1.807, 2.05) is 18.2 Å². The Bertz CT molecular complexity index is 475. The van der Waals surface area contributed by atoms with Crippen LogP contribution in [0, 0.1) is 0 Å². The van der Waals surface area contributed by atoms with Crippen molar-refractivity contribution >= 4 is 5.96 Å². The second kappa shape index (κ2) is 9.92. The van der Waals surface area contributed by atoms with Crippen molar-refractivity contribution in [3.63, 3.8) is 0 Å². The van der Waals surface area contributed by atoms with Crippen molar-refractivity contribution in [3.05, 3.63) is 23.8 Å². The lowest BCUT2D eigenvalue weighted by Gasteiger charge is -2.22. The molecule has 1 aromatic carbocycles. The second-order valence-corrected chi connectivity index (χ2v) is 5.10. The lowest BCUT2D eigenvalue weighted by atomic mass is 10.2. The van der Waals surface area contributed by atoms with E-state index in [-0.39, 0.29) is 0 Å². The first-order valence-corrected chi connectivity index (χ1v) is 7.87. The molecule has 0 atom stereocenters. The highest BCUT2D eigenvalue weighted by Gasteiger charge is 2.10. The van der Waals surface area contributed by atoms with Gasteiger partial charge in [0.1, 0.15) is 0 Å². The van der Waals surface area contributed by atoms with Gasteiger partial charge in [0.05, 0.1) is 20.8 Å². The van der Waals surface area contributed by atoms with E-state index in [9.17, 15) is 0 Å². The molecule has 1 rings (SSSR count). The van der Waals surface area contributed by atoms with Gasteiger partial charge in [-0.1, -0.05) is 25.5 Å². The number of hydrogen-bond acceptors (Lipinski definition) is 3. The standard InChI is InChI=1S/C17H29N3O2/c1-6-8-12-20(3)17(18-7-2)19-13-14-10-9-11-15(21-4)16(14)22-5/h9-11H,6-8,12-13H2,1-5H3,(H,18,19). The number of unbranched alkanes of at least 4 members (excludes halogenated alkanes) is 1. The van der Waals surface area contributed by atoms with Crippen molar-refractivity contribution in [2.24, 2.45) is 4.99 Å². The Morgan fingerprint density at radius 1 is 1.23 bits per heavy atom. The Morgan fingerprint density at radius 3 is 2.59 bits per heavy atom. The van der Waals surface area contributed by atoms with Gasteiger partial charge in [-0.3, -0.25) is 0 Å². The van der Waals surface area contributed by atoms with Crippen molar-refractivity contribution in [2.45, 2.75) is 33.2 Å². The summed E-state index contributed by atoms with van der Waals surface area (Å²) in [6.07, 6.45) is 2.33. The SMILES string of the molecule is CCCCN(C)C(=NCc1cccc(OC)c1OC)NCC. The van der Waals surface area contributed by atoms with Gasteiger partial charge >= 0.3 is 0 Å². The van der Waals surface area contributed by atoms with Crippen LogP contribution in [-0.4, -0.2) is 45.2 Å². The first-order chi connectivity index (χ1) is 10.7. The molecule has 0 saturated carbocycles. The quantitative estimate of drug-likeness (QED) is 0.592. The summed E-state index contributed by atoms with van der Waals surface area (Å²) < 4.78 is 10.8. The molecule has 0 unspecified atom stereocenters. The molecule has 0 spiro atoms. The van der Waals surface area contributed by atoms with Gasteiger partial charge in [0, 0.05) is 25.7 Å². The number of nitrogens with one attached hydrogen (secondary N) is 1. The van der Waals surface area contributed by atoms with Crippen molar-refractivity contribution in [1.29, 1.82) is 0 Å². The molecule has 5 nitrogen and oxygen atoms in total. The molecule has 0 aliphatic carbocycles. The minimum atomic E-state index is 0.555. The van der Waals surface area contributed by atoms with Crippen LogP contribution in [0.4, 0.5) is 0 Å². The van der Waals surface area contributed by atoms with Gasteiger partial charge in [0.15, 0.2) is 17.5 Å². The fourth-order valence-electron chi connectivity index (χ4n) is 2.21. The lowest BCUT2D eigenvalue weighted by molar-refractivity contribution is 0.351. The molecule has 22 heavy (non-hydrogen) atoms. The molecule has 0 fully saturated rings. The summed E-state index contributed by atoms with van der Waals surface area (Å²) in [6.45, 7) is 6.68. The maximum absolute atomic E-state index is 5.46. The van der Waals surface area contributed by atoms with Crippen LogP contribution >= 0.6 is 0 Å². The van der Waals surface area contributed by atoms with Crippen LogP contribution in [0.2, 0.25) is 0 Å². The van der Waals surface area contributed by atoms with Gasteiger partial charge < -0.3 is 19.7 Å². The van der Waals surface area contributed by atoms with Crippen LogP contribution in [0.15, 0.2) is 23.2 Å². The predicted molar refractivity (Wildman–Crippen MR) is 91.9 cm³/mol. The molecule has 0 radical (unpaired) electrons. The number of nitrogens with zero attached hydrogens (tertiary/aromatic N) is 2. The first-order valence-electron chi connectivity index (χ1n) is 7.87. The van der Waals surface area contributed by atoms with Crippen LogP contribution < -0.4 is 14.8 Å². The average Bonchev–Trinajstić information content (AvgIpc) is 2.55. The maximum Gasteiger partial charge on any atom is 0.193 e. The van der Waals surface area contributed by atoms with Gasteiger partial charge in [-0.15, -0.1) is 0 Å². The van der Waals surface area contributed by atoms with Crippen molar-refractivity contribution in [1.82, 2.24) is 10.2 Å². The zero-order valence-electron chi connectivity index (χ0n) is 14.5. The molecule has 0 aromatic heterocycles. The molecule has 0 heterocycles. The molecule has 0 saturated heterocycles. The monoisotopic (exact) mass is 307 g/mol. The van der Waals surface area contributed by atoms with E-state index in [4.69, 9.17) is 14.5 Å². The molecular formula is C17H29N3O2. The van der Waals surface area contributed by atoms with E-state index in [1.165, 1.54) is 6.42 Å². The van der Waals surface area contributed by atoms with Gasteiger partial charge in [0.2, 0.25) is 0 Å². The fourth-order valence-corrected chi connectivity index (χ4v) is 2.21. The normalized spacial score (nSPS) is 11.2. The Morgan fingerprint density at radius 2 is 2.00 bits per heavy atom. The highest BCUT2D eigenvalue weighted by atomic mass is 16.5. The number of hydrogen-bond donors (Lipinski definition) is 1. The van der Waals surface area contributed by atoms with Gasteiger partial charge in [-0.05, 0) is 19.4 Å². The van der Waals surface area contributed by atoms with E-state index in [2.05, 4.69) is 31.1 Å². The third-order valence-electron chi connectivity index (χ3n) is 3.43. The Labute approximate surface area is 134 Å². The summed E-state index contributed by atoms with van der Waals surface area (Å²) in [5, 5.41) is 3.33. The smallest absolute Gasteiger partial charge is 0.193 e. The number of para-hydroxylation sites is 1. The third kappa shape index (κ3) is 5.13. The molecular weight excluding hydrogens is 278 g/mol. The van der Waals surface area contributed by atoms with E-state index >= 15 is 0 Å². The molecule has 0 aliphatic heterocycles. The number of methoxy groups -OCH3 is 2. The topological polar surface area (TPSA) is 46.1 Å². The minimum absolute atomic E-state index is 0.555. The zero-order valence-corrected chi connectivity index (χ0v) is 14.5. The second-order valence-electron chi connectivity index (χ2n) is 5.10.